The zero-order valence-corrected chi connectivity index (χ0v) is 21.2. The van der Waals surface area contributed by atoms with Crippen LogP contribution in [0.5, 0.6) is 5.75 Å². The Morgan fingerprint density at radius 3 is 2.40 bits per heavy atom. The lowest BCUT2D eigenvalue weighted by atomic mass is 10.1. The Morgan fingerprint density at radius 2 is 1.69 bits per heavy atom. The summed E-state index contributed by atoms with van der Waals surface area (Å²) in [4.78, 5) is 13.0. The number of amides is 1. The SMILES string of the molecule is Cc1nn(Cc2cccc(F)c2)c(C)c1NC(=O)c1cccc(COc2c(Cl)cc(Cl)cc2Cl)c1. The van der Waals surface area contributed by atoms with Gasteiger partial charge in [0.1, 0.15) is 12.4 Å². The molecular weight excluding hydrogens is 512 g/mol. The van der Waals surface area contributed by atoms with E-state index in [4.69, 9.17) is 39.5 Å². The summed E-state index contributed by atoms with van der Waals surface area (Å²) in [6.45, 7) is 4.22. The van der Waals surface area contributed by atoms with Crippen LogP contribution in [0.3, 0.4) is 0 Å². The molecular formula is C26H21Cl3FN3O2. The van der Waals surface area contributed by atoms with Crippen molar-refractivity contribution in [2.24, 2.45) is 0 Å². The van der Waals surface area contributed by atoms with E-state index in [9.17, 15) is 9.18 Å². The van der Waals surface area contributed by atoms with Crippen LogP contribution in [0.15, 0.2) is 60.7 Å². The van der Waals surface area contributed by atoms with Crippen LogP contribution >= 0.6 is 34.8 Å². The van der Waals surface area contributed by atoms with E-state index < -0.39 is 0 Å². The third-order valence-corrected chi connectivity index (χ3v) is 6.16. The maximum Gasteiger partial charge on any atom is 0.255 e. The average molecular weight is 533 g/mol. The summed E-state index contributed by atoms with van der Waals surface area (Å²) < 4.78 is 21.1. The Kier molecular flexibility index (Phi) is 7.65. The Hall–Kier alpha value is -3.06. The molecule has 0 aliphatic heterocycles. The van der Waals surface area contributed by atoms with Crippen LogP contribution in [0.2, 0.25) is 15.1 Å². The number of benzene rings is 3. The van der Waals surface area contributed by atoms with Crippen LogP contribution in [0, 0.1) is 19.7 Å². The highest BCUT2D eigenvalue weighted by Gasteiger charge is 2.16. The first-order chi connectivity index (χ1) is 16.7. The van der Waals surface area contributed by atoms with Crippen LogP contribution in [0.1, 0.15) is 32.9 Å². The molecule has 0 unspecified atom stereocenters. The van der Waals surface area contributed by atoms with Crippen molar-refractivity contribution in [3.05, 3.63) is 110 Å². The Labute approximate surface area is 217 Å². The molecule has 0 spiro atoms. The third kappa shape index (κ3) is 5.96. The lowest BCUT2D eigenvalue weighted by Gasteiger charge is -2.12. The van der Waals surface area contributed by atoms with Crippen molar-refractivity contribution in [2.45, 2.75) is 27.0 Å². The van der Waals surface area contributed by atoms with E-state index >= 15 is 0 Å². The molecule has 1 amide bonds. The molecule has 1 N–H and O–H groups in total. The maximum atomic E-state index is 13.5. The van der Waals surface area contributed by atoms with Crippen molar-refractivity contribution < 1.29 is 13.9 Å². The van der Waals surface area contributed by atoms with Gasteiger partial charge in [0.2, 0.25) is 0 Å². The predicted molar refractivity (Wildman–Crippen MR) is 137 cm³/mol. The zero-order valence-electron chi connectivity index (χ0n) is 18.9. The molecule has 0 bridgehead atoms. The van der Waals surface area contributed by atoms with E-state index in [0.29, 0.717) is 44.3 Å². The largest absolute Gasteiger partial charge is 0.486 e. The van der Waals surface area contributed by atoms with Crippen molar-refractivity contribution in [1.29, 1.82) is 0 Å². The molecule has 35 heavy (non-hydrogen) atoms. The monoisotopic (exact) mass is 531 g/mol. The predicted octanol–water partition coefficient (Wildman–Crippen LogP) is 7.48. The first-order valence-corrected chi connectivity index (χ1v) is 11.8. The number of aryl methyl sites for hydroxylation is 1. The van der Waals surface area contributed by atoms with Crippen LogP contribution < -0.4 is 10.1 Å². The first-order valence-electron chi connectivity index (χ1n) is 10.7. The van der Waals surface area contributed by atoms with Gasteiger partial charge in [-0.15, -0.1) is 0 Å². The molecule has 5 nitrogen and oxygen atoms in total. The van der Waals surface area contributed by atoms with Gasteiger partial charge in [-0.1, -0.05) is 59.1 Å². The third-order valence-electron chi connectivity index (χ3n) is 5.38. The lowest BCUT2D eigenvalue weighted by Crippen LogP contribution is -2.14. The van der Waals surface area contributed by atoms with Crippen molar-refractivity contribution in [1.82, 2.24) is 9.78 Å². The number of carbonyl (C=O) groups is 1. The van der Waals surface area contributed by atoms with Gasteiger partial charge in [0.25, 0.3) is 5.91 Å². The van der Waals surface area contributed by atoms with Gasteiger partial charge in [-0.25, -0.2) is 4.39 Å². The fraction of sp³-hybridized carbons (Fsp3) is 0.154. The fourth-order valence-corrected chi connectivity index (χ4v) is 4.58. The summed E-state index contributed by atoms with van der Waals surface area (Å²) in [6.07, 6.45) is 0. The maximum absolute atomic E-state index is 13.5. The lowest BCUT2D eigenvalue weighted by molar-refractivity contribution is 0.102. The molecule has 0 fully saturated rings. The number of ether oxygens (including phenoxy) is 1. The highest BCUT2D eigenvalue weighted by Crippen LogP contribution is 2.36. The Bertz CT molecular complexity index is 1380. The number of aromatic nitrogens is 2. The minimum atomic E-state index is -0.304. The van der Waals surface area contributed by atoms with Gasteiger partial charge in [-0.2, -0.15) is 5.10 Å². The number of rotatable bonds is 7. The summed E-state index contributed by atoms with van der Waals surface area (Å²) in [5, 5.41) is 8.47. The second kappa shape index (κ2) is 10.7. The smallest absolute Gasteiger partial charge is 0.255 e. The van der Waals surface area contributed by atoms with Gasteiger partial charge in [-0.3, -0.25) is 9.48 Å². The molecule has 1 heterocycles. The molecule has 9 heteroatoms. The topological polar surface area (TPSA) is 56.2 Å². The average Bonchev–Trinajstić information content (AvgIpc) is 3.06. The molecule has 4 aromatic rings. The molecule has 1 aromatic heterocycles. The summed E-state index contributed by atoms with van der Waals surface area (Å²) >= 11 is 18.3. The van der Waals surface area contributed by atoms with Crippen molar-refractivity contribution >= 4 is 46.4 Å². The molecule has 3 aromatic carbocycles. The van der Waals surface area contributed by atoms with Crippen LogP contribution in [0.4, 0.5) is 10.1 Å². The Balaban J connectivity index is 1.47. The van der Waals surface area contributed by atoms with Crippen LogP contribution in [-0.2, 0) is 13.2 Å². The first kappa shape index (κ1) is 25.0. The van der Waals surface area contributed by atoms with E-state index in [1.807, 2.05) is 26.0 Å². The van der Waals surface area contributed by atoms with Crippen molar-refractivity contribution in [3.8, 4) is 5.75 Å². The van der Waals surface area contributed by atoms with E-state index in [1.54, 1.807) is 41.1 Å². The summed E-state index contributed by atoms with van der Waals surface area (Å²) in [5.41, 5.74) is 4.05. The molecule has 0 atom stereocenters. The van der Waals surface area contributed by atoms with E-state index in [0.717, 1.165) is 16.8 Å². The standard InChI is InChI=1S/C26H21Cl3FN3O2/c1-15-24(16(2)33(32-15)13-17-5-4-8-21(30)10-17)31-26(34)19-7-3-6-18(9-19)14-35-25-22(28)11-20(27)12-23(25)29/h3-12H,13-14H2,1-2H3,(H,31,34). The van der Waals surface area contributed by atoms with Crippen LogP contribution in [-0.4, -0.2) is 15.7 Å². The summed E-state index contributed by atoms with van der Waals surface area (Å²) in [5.74, 6) is -0.266. The Morgan fingerprint density at radius 1 is 1.00 bits per heavy atom. The second-order valence-corrected chi connectivity index (χ2v) is 9.23. The van der Waals surface area contributed by atoms with Gasteiger partial charge in [0.15, 0.2) is 5.75 Å². The number of anilines is 1. The van der Waals surface area contributed by atoms with E-state index in [1.165, 1.54) is 12.1 Å². The van der Waals surface area contributed by atoms with Gasteiger partial charge < -0.3 is 10.1 Å². The highest BCUT2D eigenvalue weighted by atomic mass is 35.5. The minimum absolute atomic E-state index is 0.159. The van der Waals surface area contributed by atoms with Crippen molar-refractivity contribution in [3.63, 3.8) is 0 Å². The van der Waals surface area contributed by atoms with Gasteiger partial charge in [0.05, 0.1) is 33.7 Å². The quantitative estimate of drug-likeness (QED) is 0.268. The molecule has 4 rings (SSSR count). The van der Waals surface area contributed by atoms with Crippen LogP contribution in [0.25, 0.3) is 0 Å². The second-order valence-electron chi connectivity index (χ2n) is 7.98. The number of nitrogens with zero attached hydrogens (tertiary/aromatic N) is 2. The number of halogens is 4. The van der Waals surface area contributed by atoms with Gasteiger partial charge in [0, 0.05) is 10.6 Å². The van der Waals surface area contributed by atoms with Gasteiger partial charge >= 0.3 is 0 Å². The van der Waals surface area contributed by atoms with Gasteiger partial charge in [-0.05, 0) is 61.4 Å². The molecule has 0 aliphatic carbocycles. The zero-order chi connectivity index (χ0) is 25.1. The summed E-state index contributed by atoms with van der Waals surface area (Å²) in [7, 11) is 0. The molecule has 0 aliphatic rings. The molecule has 0 saturated carbocycles. The number of hydrogen-bond donors (Lipinski definition) is 1. The number of nitrogens with one attached hydrogen (secondary N) is 1. The normalized spacial score (nSPS) is 10.9. The minimum Gasteiger partial charge on any atom is -0.486 e. The van der Waals surface area contributed by atoms with E-state index in [2.05, 4.69) is 10.4 Å². The molecule has 0 saturated heterocycles. The highest BCUT2D eigenvalue weighted by molar-refractivity contribution is 6.40. The fourth-order valence-electron chi connectivity index (χ4n) is 3.65. The molecule has 180 valence electrons. The van der Waals surface area contributed by atoms with Crippen molar-refractivity contribution in [2.75, 3.05) is 5.32 Å². The number of carbonyl (C=O) groups excluding carboxylic acids is 1. The number of hydrogen-bond acceptors (Lipinski definition) is 3. The van der Waals surface area contributed by atoms with E-state index in [-0.39, 0.29) is 18.3 Å². The molecule has 0 radical (unpaired) electrons. The summed E-state index contributed by atoms with van der Waals surface area (Å²) in [6, 6.07) is 16.5.